The molecule has 24 heavy (non-hydrogen) atoms. The van der Waals surface area contributed by atoms with E-state index in [0.717, 1.165) is 5.56 Å². The lowest BCUT2D eigenvalue weighted by atomic mass is 10.00. The molecule has 3 aromatic carbocycles. The first-order chi connectivity index (χ1) is 11.4. The Balaban J connectivity index is 2.18. The molecule has 0 amide bonds. The minimum atomic E-state index is 0.365. The van der Waals surface area contributed by atoms with Crippen molar-refractivity contribution in [2.75, 3.05) is 0 Å². The van der Waals surface area contributed by atoms with Crippen LogP contribution < -0.4 is 0 Å². The number of hydrogen-bond donors (Lipinski definition) is 0. The summed E-state index contributed by atoms with van der Waals surface area (Å²) < 4.78 is 0. The van der Waals surface area contributed by atoms with E-state index in [4.69, 9.17) is 69.6 Å². The first-order valence-corrected chi connectivity index (χ1v) is 8.96. The average Bonchev–Trinajstić information content (AvgIpc) is 2.53. The van der Waals surface area contributed by atoms with Gasteiger partial charge in [-0.3, -0.25) is 0 Å². The molecule has 0 aliphatic rings. The van der Waals surface area contributed by atoms with Crippen LogP contribution in [-0.4, -0.2) is 0 Å². The van der Waals surface area contributed by atoms with E-state index in [0.29, 0.717) is 46.8 Å². The van der Waals surface area contributed by atoms with Gasteiger partial charge >= 0.3 is 0 Å². The van der Waals surface area contributed by atoms with Crippen molar-refractivity contribution in [2.24, 2.45) is 0 Å². The predicted molar refractivity (Wildman–Crippen MR) is 106 cm³/mol. The van der Waals surface area contributed by atoms with Crippen molar-refractivity contribution in [3.8, 4) is 22.3 Å². The minimum Gasteiger partial charge on any atom is -0.0843 e. The zero-order valence-electron chi connectivity index (χ0n) is 11.8. The predicted octanol–water partition coefficient (Wildman–Crippen LogP) is 8.74. The van der Waals surface area contributed by atoms with Crippen LogP contribution in [0.2, 0.25) is 30.1 Å². The largest absolute Gasteiger partial charge is 0.0843 e. The summed E-state index contributed by atoms with van der Waals surface area (Å²) in [7, 11) is 0. The Morgan fingerprint density at radius 1 is 0.583 bits per heavy atom. The second kappa shape index (κ2) is 7.33. The third-order valence-corrected chi connectivity index (χ3v) is 5.42. The zero-order valence-corrected chi connectivity index (χ0v) is 16.3. The summed E-state index contributed by atoms with van der Waals surface area (Å²) in [6, 6.07) is 14.9. The van der Waals surface area contributed by atoms with Gasteiger partial charge in [0.2, 0.25) is 0 Å². The molecule has 1 radical (unpaired) electrons. The smallest absolute Gasteiger partial charge is 0.0677 e. The van der Waals surface area contributed by atoms with Crippen molar-refractivity contribution >= 4 is 69.6 Å². The van der Waals surface area contributed by atoms with E-state index < -0.39 is 0 Å². The quantitative estimate of drug-likeness (QED) is 0.377. The van der Waals surface area contributed by atoms with Crippen molar-refractivity contribution in [3.63, 3.8) is 0 Å². The van der Waals surface area contributed by atoms with E-state index in [1.54, 1.807) is 30.3 Å². The highest BCUT2D eigenvalue weighted by molar-refractivity contribution is 6.46. The molecule has 0 aromatic heterocycles. The van der Waals surface area contributed by atoms with Gasteiger partial charge in [0.15, 0.2) is 0 Å². The SMILES string of the molecule is Clc1[c]cc(Cl)c(-c2ccc(-c3ccc(Cl)cc3Cl)c(Cl)c2Cl)c1. The maximum absolute atomic E-state index is 6.48. The molecule has 3 rings (SSSR count). The lowest BCUT2D eigenvalue weighted by molar-refractivity contribution is 1.58. The standard InChI is InChI=1S/C18H7Cl6/c19-9-2-6-15(21)14(7-9)13-5-4-12(17(23)18(13)24)11-3-1-10(20)8-16(11)22/h1,3-8H. The lowest BCUT2D eigenvalue weighted by Gasteiger charge is -2.13. The molecule has 0 saturated heterocycles. The van der Waals surface area contributed by atoms with Crippen LogP contribution in [0.5, 0.6) is 0 Å². The third kappa shape index (κ3) is 3.51. The fourth-order valence-corrected chi connectivity index (χ4v) is 3.75. The molecule has 6 heteroatoms. The lowest BCUT2D eigenvalue weighted by Crippen LogP contribution is -1.88. The summed E-state index contributed by atoms with van der Waals surface area (Å²) in [5.74, 6) is 0. The summed E-state index contributed by atoms with van der Waals surface area (Å²) in [5, 5.41) is 2.69. The number of rotatable bonds is 2. The van der Waals surface area contributed by atoms with Crippen LogP contribution in [0.25, 0.3) is 22.3 Å². The maximum Gasteiger partial charge on any atom is 0.0677 e. The Hall–Kier alpha value is -0.600. The summed E-state index contributed by atoms with van der Waals surface area (Å²) in [5.41, 5.74) is 2.80. The molecule has 3 aromatic rings. The third-order valence-electron chi connectivity index (χ3n) is 3.46. The Bertz CT molecular complexity index is 933. The van der Waals surface area contributed by atoms with E-state index in [-0.39, 0.29) is 0 Å². The average molecular weight is 436 g/mol. The molecular formula is C18H7Cl6. The second-order valence-corrected chi connectivity index (χ2v) is 7.37. The van der Waals surface area contributed by atoms with Crippen molar-refractivity contribution in [1.29, 1.82) is 0 Å². The monoisotopic (exact) mass is 433 g/mol. The molecule has 0 aliphatic carbocycles. The molecule has 0 atom stereocenters. The van der Waals surface area contributed by atoms with Crippen LogP contribution in [-0.2, 0) is 0 Å². The summed E-state index contributed by atoms with van der Waals surface area (Å²) in [6.45, 7) is 0. The molecule has 0 aliphatic heterocycles. The van der Waals surface area contributed by atoms with E-state index >= 15 is 0 Å². The Morgan fingerprint density at radius 2 is 1.17 bits per heavy atom. The summed E-state index contributed by atoms with van der Waals surface area (Å²) >= 11 is 37.4. The van der Waals surface area contributed by atoms with E-state index in [9.17, 15) is 0 Å². The maximum atomic E-state index is 6.48. The molecule has 0 heterocycles. The molecule has 121 valence electrons. The molecule has 0 spiro atoms. The highest BCUT2D eigenvalue weighted by Gasteiger charge is 2.16. The first-order valence-electron chi connectivity index (χ1n) is 6.69. The topological polar surface area (TPSA) is 0 Å². The van der Waals surface area contributed by atoms with Gasteiger partial charge in [0.1, 0.15) is 0 Å². The Morgan fingerprint density at radius 3 is 1.79 bits per heavy atom. The van der Waals surface area contributed by atoms with Crippen LogP contribution in [0.15, 0.2) is 42.5 Å². The van der Waals surface area contributed by atoms with Crippen LogP contribution >= 0.6 is 69.6 Å². The zero-order chi connectivity index (χ0) is 17.4. The van der Waals surface area contributed by atoms with Crippen molar-refractivity contribution < 1.29 is 0 Å². The Labute approximate surface area is 169 Å². The highest BCUT2D eigenvalue weighted by Crippen LogP contribution is 2.44. The van der Waals surface area contributed by atoms with Gasteiger partial charge in [-0.2, -0.15) is 0 Å². The number of benzene rings is 3. The van der Waals surface area contributed by atoms with E-state index in [2.05, 4.69) is 6.07 Å². The molecular weight excluding hydrogens is 429 g/mol. The van der Waals surface area contributed by atoms with Crippen molar-refractivity contribution in [3.05, 3.63) is 78.7 Å². The fourth-order valence-electron chi connectivity index (χ4n) is 2.33. The molecule has 0 bridgehead atoms. The van der Waals surface area contributed by atoms with Crippen LogP contribution in [0.4, 0.5) is 0 Å². The molecule has 0 saturated carbocycles. The van der Waals surface area contributed by atoms with E-state index in [1.165, 1.54) is 0 Å². The summed E-state index contributed by atoms with van der Waals surface area (Å²) in [6.07, 6.45) is 0. The van der Waals surface area contributed by atoms with Gasteiger partial charge in [-0.15, -0.1) is 0 Å². The van der Waals surface area contributed by atoms with E-state index in [1.807, 2.05) is 12.1 Å². The summed E-state index contributed by atoms with van der Waals surface area (Å²) in [4.78, 5) is 0. The van der Waals surface area contributed by atoms with Gasteiger partial charge in [-0.1, -0.05) is 87.8 Å². The van der Waals surface area contributed by atoms with Crippen LogP contribution in [0, 0.1) is 6.07 Å². The van der Waals surface area contributed by atoms with Crippen LogP contribution in [0.3, 0.4) is 0 Å². The van der Waals surface area contributed by atoms with Gasteiger partial charge in [-0.05, 0) is 24.3 Å². The highest BCUT2D eigenvalue weighted by atomic mass is 35.5. The normalized spacial score (nSPS) is 10.9. The van der Waals surface area contributed by atoms with Gasteiger partial charge < -0.3 is 0 Å². The minimum absolute atomic E-state index is 0.365. The fraction of sp³-hybridized carbons (Fsp3) is 0. The van der Waals surface area contributed by atoms with Gasteiger partial charge in [-0.25, -0.2) is 0 Å². The second-order valence-electron chi connectivity index (χ2n) is 4.96. The first kappa shape index (κ1) is 18.2. The van der Waals surface area contributed by atoms with Gasteiger partial charge in [0, 0.05) is 48.4 Å². The molecule has 0 nitrogen and oxygen atoms in total. The number of hydrogen-bond acceptors (Lipinski definition) is 0. The molecule has 0 N–H and O–H groups in total. The van der Waals surface area contributed by atoms with Gasteiger partial charge in [0.25, 0.3) is 0 Å². The Kier molecular flexibility index (Phi) is 5.56. The molecule has 0 unspecified atom stereocenters. The molecule has 0 fully saturated rings. The van der Waals surface area contributed by atoms with Crippen LogP contribution in [0.1, 0.15) is 0 Å². The van der Waals surface area contributed by atoms with Gasteiger partial charge in [0.05, 0.1) is 10.0 Å². The van der Waals surface area contributed by atoms with Crippen molar-refractivity contribution in [2.45, 2.75) is 0 Å². The van der Waals surface area contributed by atoms with Crippen molar-refractivity contribution in [1.82, 2.24) is 0 Å². The number of halogens is 6.